The van der Waals surface area contributed by atoms with Gasteiger partial charge in [0.2, 0.25) is 5.91 Å². The van der Waals surface area contributed by atoms with E-state index < -0.39 is 5.91 Å². The predicted molar refractivity (Wildman–Crippen MR) is 134 cm³/mol. The summed E-state index contributed by atoms with van der Waals surface area (Å²) in [6, 6.07) is 11.3. The Bertz CT molecular complexity index is 1240. The third kappa shape index (κ3) is 5.67. The molecule has 2 N–H and O–H groups in total. The minimum Gasteiger partial charge on any atom is -0.504 e. The number of hydrogen-bond donors (Lipinski definition) is 2. The normalized spacial score (nSPS) is 16.5. The maximum Gasteiger partial charge on any atom is 0.261 e. The molecule has 4 rings (SSSR count). The highest BCUT2D eigenvalue weighted by molar-refractivity contribution is 6.30. The molecule has 0 radical (unpaired) electrons. The Morgan fingerprint density at radius 2 is 1.26 bits per heavy atom. The maximum absolute atomic E-state index is 11.8. The van der Waals surface area contributed by atoms with Crippen LogP contribution in [0.1, 0.15) is 84.5 Å². The van der Waals surface area contributed by atoms with Crippen LogP contribution in [0.15, 0.2) is 42.7 Å². The third-order valence-corrected chi connectivity index (χ3v) is 5.95. The van der Waals surface area contributed by atoms with Crippen molar-refractivity contribution in [1.82, 2.24) is 10.6 Å². The first-order valence-corrected chi connectivity index (χ1v) is 11.4. The number of imide groups is 2. The number of ether oxygens (including phenoxy) is 1. The second-order valence-corrected chi connectivity index (χ2v) is 10.7. The third-order valence-electron chi connectivity index (χ3n) is 5.95. The first-order valence-electron chi connectivity index (χ1n) is 11.4. The molecule has 2 heterocycles. The van der Waals surface area contributed by atoms with Crippen LogP contribution in [-0.2, 0) is 31.6 Å². The molecule has 0 aromatic heterocycles. The molecule has 0 unspecified atom stereocenters. The number of nitrogens with one attached hydrogen (secondary N) is 2. The van der Waals surface area contributed by atoms with Crippen molar-refractivity contribution < 1.29 is 23.9 Å². The molecule has 0 bridgehead atoms. The van der Waals surface area contributed by atoms with Crippen LogP contribution in [0.4, 0.5) is 0 Å². The Balaban J connectivity index is 0.000000198. The largest absolute Gasteiger partial charge is 0.504 e. The first-order chi connectivity index (χ1) is 16.2. The molecular formula is C28H32N2O5. The summed E-state index contributed by atoms with van der Waals surface area (Å²) in [6.07, 6.45) is 1.66. The zero-order valence-corrected chi connectivity index (χ0v) is 21.3. The SMILES string of the molecule is CC(C)(C)c1ccc2c(c1)CC(=O)NC2=O.COC=C1C(=O)NC(=O)c2ccc(C(C)(C)C)cc21. The summed E-state index contributed by atoms with van der Waals surface area (Å²) in [4.78, 5) is 46.4. The maximum atomic E-state index is 11.8. The second kappa shape index (κ2) is 9.49. The summed E-state index contributed by atoms with van der Waals surface area (Å²) in [5.74, 6) is -1.30. The van der Waals surface area contributed by atoms with E-state index in [0.29, 0.717) is 28.7 Å². The van der Waals surface area contributed by atoms with Crippen LogP contribution in [0.5, 0.6) is 0 Å². The number of amides is 4. The zero-order valence-electron chi connectivity index (χ0n) is 21.3. The Kier molecular flexibility index (Phi) is 7.01. The van der Waals surface area contributed by atoms with E-state index in [1.165, 1.54) is 13.4 Å². The van der Waals surface area contributed by atoms with Gasteiger partial charge in [-0.1, -0.05) is 59.7 Å². The van der Waals surface area contributed by atoms with Gasteiger partial charge in [0.15, 0.2) is 0 Å². The van der Waals surface area contributed by atoms with E-state index in [-0.39, 0.29) is 28.6 Å². The Morgan fingerprint density at radius 1 is 0.714 bits per heavy atom. The van der Waals surface area contributed by atoms with Crippen molar-refractivity contribution in [2.45, 2.75) is 58.8 Å². The second-order valence-electron chi connectivity index (χ2n) is 10.7. The van der Waals surface area contributed by atoms with Crippen molar-refractivity contribution in [3.8, 4) is 0 Å². The van der Waals surface area contributed by atoms with Gasteiger partial charge in [0.1, 0.15) is 0 Å². The number of carbonyl (C=O) groups excluding carboxylic acids is 4. The van der Waals surface area contributed by atoms with Crippen molar-refractivity contribution in [3.63, 3.8) is 0 Å². The summed E-state index contributed by atoms with van der Waals surface area (Å²) in [7, 11) is 1.48. The van der Waals surface area contributed by atoms with Gasteiger partial charge < -0.3 is 4.74 Å². The topological polar surface area (TPSA) is 102 Å². The molecule has 0 aliphatic carbocycles. The highest BCUT2D eigenvalue weighted by Crippen LogP contribution is 2.30. The van der Waals surface area contributed by atoms with E-state index in [0.717, 1.165) is 16.7 Å². The van der Waals surface area contributed by atoms with Gasteiger partial charge >= 0.3 is 0 Å². The first kappa shape index (κ1) is 25.9. The molecule has 0 fully saturated rings. The summed E-state index contributed by atoms with van der Waals surface area (Å²) < 4.78 is 4.94. The molecule has 2 aliphatic rings. The summed E-state index contributed by atoms with van der Waals surface area (Å²) in [6.45, 7) is 12.6. The van der Waals surface area contributed by atoms with E-state index in [4.69, 9.17) is 4.74 Å². The van der Waals surface area contributed by atoms with E-state index in [9.17, 15) is 19.2 Å². The van der Waals surface area contributed by atoms with E-state index >= 15 is 0 Å². The predicted octanol–water partition coefficient (Wildman–Crippen LogP) is 4.04. The average molecular weight is 477 g/mol. The van der Waals surface area contributed by atoms with Gasteiger partial charge in [0.05, 0.1) is 25.4 Å². The molecule has 0 saturated carbocycles. The molecule has 184 valence electrons. The highest BCUT2D eigenvalue weighted by atomic mass is 16.5. The molecule has 0 saturated heterocycles. The lowest BCUT2D eigenvalue weighted by Crippen LogP contribution is -2.37. The highest BCUT2D eigenvalue weighted by Gasteiger charge is 2.29. The summed E-state index contributed by atoms with van der Waals surface area (Å²) >= 11 is 0. The number of fused-ring (bicyclic) bond motifs is 2. The van der Waals surface area contributed by atoms with E-state index in [1.807, 2.05) is 24.3 Å². The fraction of sp³-hybridized carbons (Fsp3) is 0.357. The quantitative estimate of drug-likeness (QED) is 0.368. The molecule has 0 atom stereocenters. The van der Waals surface area contributed by atoms with E-state index in [2.05, 4.69) is 52.2 Å². The van der Waals surface area contributed by atoms with Crippen LogP contribution in [0.2, 0.25) is 0 Å². The van der Waals surface area contributed by atoms with Crippen LogP contribution in [0.25, 0.3) is 5.57 Å². The molecule has 0 spiro atoms. The van der Waals surface area contributed by atoms with Gasteiger partial charge in [-0.25, -0.2) is 0 Å². The molecule has 4 amide bonds. The molecule has 2 aliphatic heterocycles. The van der Waals surface area contributed by atoms with Crippen LogP contribution in [-0.4, -0.2) is 30.7 Å². The lowest BCUT2D eigenvalue weighted by atomic mass is 9.83. The minimum atomic E-state index is -0.426. The summed E-state index contributed by atoms with van der Waals surface area (Å²) in [5.41, 5.74) is 5.15. The summed E-state index contributed by atoms with van der Waals surface area (Å²) in [5, 5.41) is 4.62. The van der Waals surface area contributed by atoms with Crippen LogP contribution < -0.4 is 10.6 Å². The molecule has 2 aromatic carbocycles. The van der Waals surface area contributed by atoms with Gasteiger partial charge in [-0.3, -0.25) is 29.8 Å². The van der Waals surface area contributed by atoms with Crippen molar-refractivity contribution in [3.05, 3.63) is 76.0 Å². The van der Waals surface area contributed by atoms with Crippen LogP contribution in [0.3, 0.4) is 0 Å². The standard InChI is InChI=1S/C15H17NO3.C13H15NO2/c1-15(2,3)9-5-6-10-11(7-9)12(8-19-4)14(18)16-13(10)17;1-13(2,3)9-4-5-10-8(6-9)7-11(15)14-12(10)16/h5-8H,1-4H3,(H,16,17,18);4-6H,7H2,1-3H3,(H,14,15,16). The van der Waals surface area contributed by atoms with Gasteiger partial charge in [-0.05, 0) is 45.7 Å². The number of hydrogen-bond acceptors (Lipinski definition) is 5. The smallest absolute Gasteiger partial charge is 0.261 e. The minimum absolute atomic E-state index is 0.0337. The molecule has 2 aromatic rings. The van der Waals surface area contributed by atoms with Crippen LogP contribution in [0, 0.1) is 0 Å². The number of carbonyl (C=O) groups is 4. The van der Waals surface area contributed by atoms with Gasteiger partial charge in [-0.2, -0.15) is 0 Å². The number of benzene rings is 2. The Hall–Kier alpha value is -3.74. The van der Waals surface area contributed by atoms with Crippen LogP contribution >= 0.6 is 0 Å². The lowest BCUT2D eigenvalue weighted by molar-refractivity contribution is -0.119. The zero-order chi connectivity index (χ0) is 26.1. The Morgan fingerprint density at radius 3 is 1.83 bits per heavy atom. The molecule has 7 nitrogen and oxygen atoms in total. The fourth-order valence-corrected chi connectivity index (χ4v) is 3.87. The lowest BCUT2D eigenvalue weighted by Gasteiger charge is -2.23. The number of methoxy groups -OCH3 is 1. The van der Waals surface area contributed by atoms with Crippen molar-refractivity contribution in [2.24, 2.45) is 0 Å². The molecule has 7 heteroatoms. The fourth-order valence-electron chi connectivity index (χ4n) is 3.87. The Labute approximate surface area is 205 Å². The average Bonchev–Trinajstić information content (AvgIpc) is 2.75. The van der Waals surface area contributed by atoms with Gasteiger partial charge in [0.25, 0.3) is 17.7 Å². The van der Waals surface area contributed by atoms with E-state index in [1.54, 1.807) is 12.1 Å². The van der Waals surface area contributed by atoms with Gasteiger partial charge in [0, 0.05) is 16.7 Å². The monoisotopic (exact) mass is 476 g/mol. The van der Waals surface area contributed by atoms with Crippen molar-refractivity contribution in [2.75, 3.05) is 7.11 Å². The molecule has 35 heavy (non-hydrogen) atoms. The number of rotatable bonds is 1. The van der Waals surface area contributed by atoms with Crippen molar-refractivity contribution >= 4 is 29.2 Å². The van der Waals surface area contributed by atoms with Gasteiger partial charge in [-0.15, -0.1) is 0 Å². The van der Waals surface area contributed by atoms with Crippen molar-refractivity contribution in [1.29, 1.82) is 0 Å². The molecular weight excluding hydrogens is 444 g/mol.